The van der Waals surface area contributed by atoms with E-state index in [4.69, 9.17) is 0 Å². The molecule has 1 fully saturated rings. The summed E-state index contributed by atoms with van der Waals surface area (Å²) < 4.78 is 2.02. The van der Waals surface area contributed by atoms with Crippen LogP contribution in [0.25, 0.3) is 11.0 Å². The molecule has 0 saturated carbocycles. The molecule has 0 spiro atoms. The summed E-state index contributed by atoms with van der Waals surface area (Å²) in [6.07, 6.45) is 3.84. The smallest absolute Gasteiger partial charge is 0.242 e. The minimum atomic E-state index is -0.870. The van der Waals surface area contributed by atoms with Crippen LogP contribution < -0.4 is 0 Å². The molecule has 1 amide bonds. The second-order valence-corrected chi connectivity index (χ2v) is 7.80. The van der Waals surface area contributed by atoms with Crippen LogP contribution in [-0.2, 0) is 17.1 Å². The molecule has 1 saturated heterocycles. The Morgan fingerprint density at radius 1 is 1.42 bits per heavy atom. The Morgan fingerprint density at radius 2 is 2.17 bits per heavy atom. The Balaban J connectivity index is 1.89. The molecule has 0 radical (unpaired) electrons. The van der Waals surface area contributed by atoms with Crippen molar-refractivity contribution in [3.8, 4) is 0 Å². The lowest BCUT2D eigenvalue weighted by Crippen LogP contribution is -2.49. The molecule has 1 atom stereocenters. The number of benzene rings is 1. The van der Waals surface area contributed by atoms with Crippen LogP contribution in [0.3, 0.4) is 0 Å². The Labute approximate surface area is 147 Å². The molecule has 1 aromatic heterocycles. The van der Waals surface area contributed by atoms with Crippen LogP contribution in [0.4, 0.5) is 0 Å². The number of imidazole rings is 1. The van der Waals surface area contributed by atoms with E-state index in [2.05, 4.69) is 4.98 Å². The van der Waals surface area contributed by atoms with E-state index >= 15 is 0 Å². The summed E-state index contributed by atoms with van der Waals surface area (Å²) in [6.45, 7) is 4.57. The third-order valence-corrected chi connectivity index (χ3v) is 5.24. The highest BCUT2D eigenvalue weighted by Crippen LogP contribution is 2.28. The number of aromatic nitrogens is 2. The molecular weight excluding hydrogens is 322 g/mol. The Hall–Kier alpha value is -1.53. The highest BCUT2D eigenvalue weighted by atomic mass is 32.2. The third-order valence-electron chi connectivity index (χ3n) is 4.69. The van der Waals surface area contributed by atoms with E-state index in [1.54, 1.807) is 25.6 Å². The Bertz CT molecular complexity index is 735. The molecule has 130 valence electrons. The lowest BCUT2D eigenvalue weighted by atomic mass is 9.96. The molecule has 1 N–H and O–H groups in total. The molecule has 1 aliphatic heterocycles. The van der Waals surface area contributed by atoms with Crippen LogP contribution in [0.5, 0.6) is 0 Å². The summed E-state index contributed by atoms with van der Waals surface area (Å²) >= 11 is 1.70. The molecule has 6 heteroatoms. The monoisotopic (exact) mass is 347 g/mol. The number of aliphatic hydroxyl groups is 1. The van der Waals surface area contributed by atoms with Gasteiger partial charge in [0.25, 0.3) is 0 Å². The van der Waals surface area contributed by atoms with E-state index in [0.29, 0.717) is 0 Å². The highest BCUT2D eigenvalue weighted by Gasteiger charge is 2.38. The first-order chi connectivity index (χ1) is 11.4. The average Bonchev–Trinajstić information content (AvgIpc) is 3.13. The van der Waals surface area contributed by atoms with Gasteiger partial charge >= 0.3 is 0 Å². The van der Waals surface area contributed by atoms with Gasteiger partial charge in [0.15, 0.2) is 0 Å². The van der Waals surface area contributed by atoms with E-state index in [1.165, 1.54) is 0 Å². The largest absolute Gasteiger partial charge is 0.388 e. The van der Waals surface area contributed by atoms with Gasteiger partial charge in [-0.15, -0.1) is 0 Å². The number of nitrogens with zero attached hydrogens (tertiary/aromatic N) is 3. The molecule has 1 unspecified atom stereocenters. The average molecular weight is 347 g/mol. The molecule has 24 heavy (non-hydrogen) atoms. The van der Waals surface area contributed by atoms with E-state index in [1.807, 2.05) is 40.0 Å². The van der Waals surface area contributed by atoms with Gasteiger partial charge in [-0.2, -0.15) is 11.8 Å². The normalized spacial score (nSPS) is 18.5. The van der Waals surface area contributed by atoms with Crippen LogP contribution in [-0.4, -0.2) is 49.9 Å². The zero-order valence-electron chi connectivity index (χ0n) is 14.5. The van der Waals surface area contributed by atoms with Crippen LogP contribution in [0, 0.1) is 0 Å². The number of carbonyl (C=O) groups is 1. The molecular formula is C18H25N3O2S. The summed E-state index contributed by atoms with van der Waals surface area (Å²) in [5.41, 5.74) is 1.05. The molecule has 2 aromatic rings. The molecule has 2 heterocycles. The first kappa shape index (κ1) is 17.3. The van der Waals surface area contributed by atoms with Crippen molar-refractivity contribution in [2.75, 3.05) is 12.8 Å². The zero-order valence-corrected chi connectivity index (χ0v) is 15.3. The number of carbonyl (C=O) groups excluding carboxylic acids is 1. The Morgan fingerprint density at radius 3 is 2.88 bits per heavy atom. The minimum Gasteiger partial charge on any atom is -0.388 e. The lowest BCUT2D eigenvalue weighted by Gasteiger charge is -2.34. The van der Waals surface area contributed by atoms with Crippen LogP contribution >= 0.6 is 11.8 Å². The van der Waals surface area contributed by atoms with Gasteiger partial charge in [-0.1, -0.05) is 12.1 Å². The number of para-hydroxylation sites is 2. The number of rotatable bonds is 5. The SMILES string of the molecule is CSCc1nc2ccccc2n1CC(=O)N1CCCC1C(C)(C)O. The van der Waals surface area contributed by atoms with Crippen LogP contribution in [0.15, 0.2) is 24.3 Å². The van der Waals surface area contributed by atoms with Crippen molar-refractivity contribution >= 4 is 28.7 Å². The Kier molecular flexibility index (Phi) is 4.88. The van der Waals surface area contributed by atoms with E-state index in [-0.39, 0.29) is 18.5 Å². The molecule has 1 aliphatic rings. The van der Waals surface area contributed by atoms with Gasteiger partial charge in [-0.25, -0.2) is 4.98 Å². The summed E-state index contributed by atoms with van der Waals surface area (Å²) in [5, 5.41) is 10.4. The first-order valence-electron chi connectivity index (χ1n) is 8.36. The van der Waals surface area contributed by atoms with Crippen LogP contribution in [0.1, 0.15) is 32.5 Å². The number of amides is 1. The quantitative estimate of drug-likeness (QED) is 0.903. The van der Waals surface area contributed by atoms with Crippen molar-refractivity contribution < 1.29 is 9.90 Å². The highest BCUT2D eigenvalue weighted by molar-refractivity contribution is 7.97. The maximum Gasteiger partial charge on any atom is 0.242 e. The van der Waals surface area contributed by atoms with Gasteiger partial charge in [-0.3, -0.25) is 4.79 Å². The van der Waals surface area contributed by atoms with Crippen molar-refractivity contribution in [3.05, 3.63) is 30.1 Å². The zero-order chi connectivity index (χ0) is 17.3. The van der Waals surface area contributed by atoms with Gasteiger partial charge in [0.1, 0.15) is 12.4 Å². The molecule has 0 bridgehead atoms. The molecule has 0 aliphatic carbocycles. The molecule has 5 nitrogen and oxygen atoms in total. The number of hydrogen-bond acceptors (Lipinski definition) is 4. The van der Waals surface area contributed by atoms with Crippen molar-refractivity contribution in [1.82, 2.24) is 14.5 Å². The van der Waals surface area contributed by atoms with E-state index < -0.39 is 5.60 Å². The third kappa shape index (κ3) is 3.30. The van der Waals surface area contributed by atoms with E-state index in [9.17, 15) is 9.90 Å². The number of hydrogen-bond donors (Lipinski definition) is 1. The molecule has 3 rings (SSSR count). The summed E-state index contributed by atoms with van der Waals surface area (Å²) in [5.74, 6) is 1.76. The fraction of sp³-hybridized carbons (Fsp3) is 0.556. The second kappa shape index (κ2) is 6.76. The topological polar surface area (TPSA) is 58.4 Å². The maximum atomic E-state index is 12.9. The predicted octanol–water partition coefficient (Wildman–Crippen LogP) is 2.66. The number of fused-ring (bicyclic) bond motifs is 1. The number of thioether (sulfide) groups is 1. The summed E-state index contributed by atoms with van der Waals surface area (Å²) in [6, 6.07) is 7.83. The number of likely N-dealkylation sites (tertiary alicyclic amines) is 1. The van der Waals surface area contributed by atoms with Gasteiger partial charge in [0.05, 0.1) is 28.4 Å². The van der Waals surface area contributed by atoms with Crippen molar-refractivity contribution in [3.63, 3.8) is 0 Å². The predicted molar refractivity (Wildman–Crippen MR) is 98.0 cm³/mol. The first-order valence-corrected chi connectivity index (χ1v) is 9.76. The fourth-order valence-electron chi connectivity index (χ4n) is 3.57. The van der Waals surface area contributed by atoms with Crippen molar-refractivity contribution in [1.29, 1.82) is 0 Å². The summed E-state index contributed by atoms with van der Waals surface area (Å²) in [4.78, 5) is 19.4. The molecule has 1 aromatic carbocycles. The lowest BCUT2D eigenvalue weighted by molar-refractivity contribution is -0.137. The van der Waals surface area contributed by atoms with Crippen molar-refractivity contribution in [2.24, 2.45) is 0 Å². The van der Waals surface area contributed by atoms with Gasteiger partial charge in [0.2, 0.25) is 5.91 Å². The van der Waals surface area contributed by atoms with Crippen LogP contribution in [0.2, 0.25) is 0 Å². The van der Waals surface area contributed by atoms with E-state index in [0.717, 1.165) is 42.0 Å². The fourth-order valence-corrected chi connectivity index (χ4v) is 4.05. The summed E-state index contributed by atoms with van der Waals surface area (Å²) in [7, 11) is 0. The standard InChI is InChI=1S/C18H25N3O2S/c1-18(2,23)15-9-6-10-20(15)17(22)11-21-14-8-5-4-7-13(14)19-16(21)12-24-3/h4-5,7-8,15,23H,6,9-12H2,1-3H3. The maximum absolute atomic E-state index is 12.9. The van der Waals surface area contributed by atoms with Gasteiger partial charge < -0.3 is 14.6 Å². The van der Waals surface area contributed by atoms with Crippen molar-refractivity contribution in [2.45, 2.75) is 50.6 Å². The van der Waals surface area contributed by atoms with Gasteiger partial charge in [-0.05, 0) is 45.1 Å². The van der Waals surface area contributed by atoms with Gasteiger partial charge in [0, 0.05) is 6.54 Å². The minimum absolute atomic E-state index is 0.0603. The second-order valence-electron chi connectivity index (χ2n) is 6.93.